The number of aryl methyl sites for hydroxylation is 2. The molecule has 3 rings (SSSR count). The largest absolute Gasteiger partial charge is 0.489 e. The summed E-state index contributed by atoms with van der Waals surface area (Å²) < 4.78 is 5.90. The van der Waals surface area contributed by atoms with Gasteiger partial charge in [-0.05, 0) is 43.0 Å². The van der Waals surface area contributed by atoms with E-state index in [1.807, 2.05) is 12.1 Å². The van der Waals surface area contributed by atoms with E-state index in [-0.39, 0.29) is 0 Å². The fourth-order valence-electron chi connectivity index (χ4n) is 2.57. The van der Waals surface area contributed by atoms with Crippen molar-refractivity contribution in [3.8, 4) is 5.75 Å². The molecule has 0 fully saturated rings. The van der Waals surface area contributed by atoms with Crippen LogP contribution in [-0.4, -0.2) is 6.54 Å². The van der Waals surface area contributed by atoms with Gasteiger partial charge in [0.1, 0.15) is 12.4 Å². The molecule has 0 aromatic heterocycles. The number of fused-ring (bicyclic) bond motifs is 1. The second kappa shape index (κ2) is 5.35. The van der Waals surface area contributed by atoms with Crippen LogP contribution < -0.4 is 10.1 Å². The number of hydrogen-bond acceptors (Lipinski definition) is 2. The van der Waals surface area contributed by atoms with E-state index in [4.69, 9.17) is 4.74 Å². The van der Waals surface area contributed by atoms with Gasteiger partial charge in [-0.15, -0.1) is 0 Å². The van der Waals surface area contributed by atoms with Crippen molar-refractivity contribution in [3.63, 3.8) is 0 Å². The van der Waals surface area contributed by atoms with Crippen LogP contribution in [0.25, 0.3) is 0 Å². The fraction of sp³-hybridized carbons (Fsp3) is 0.294. The quantitative estimate of drug-likeness (QED) is 0.894. The second-order valence-corrected chi connectivity index (χ2v) is 5.09. The van der Waals surface area contributed by atoms with Crippen molar-refractivity contribution in [2.24, 2.45) is 0 Å². The van der Waals surface area contributed by atoms with Crippen molar-refractivity contribution >= 4 is 5.69 Å². The fourth-order valence-corrected chi connectivity index (χ4v) is 2.57. The zero-order chi connectivity index (χ0) is 13.1. The Bertz CT molecular complexity index is 577. The van der Waals surface area contributed by atoms with Gasteiger partial charge in [0, 0.05) is 17.8 Å². The van der Waals surface area contributed by atoms with E-state index in [1.54, 1.807) is 0 Å². The van der Waals surface area contributed by atoms with Crippen LogP contribution in [-0.2, 0) is 13.0 Å². The Morgan fingerprint density at radius 3 is 2.95 bits per heavy atom. The normalized spacial score (nSPS) is 13.5. The minimum absolute atomic E-state index is 0.625. The maximum Gasteiger partial charge on any atom is 0.120 e. The molecule has 1 N–H and O–H groups in total. The van der Waals surface area contributed by atoms with E-state index in [1.165, 1.54) is 35.2 Å². The lowest BCUT2D eigenvalue weighted by Crippen LogP contribution is -2.14. The molecule has 98 valence electrons. The molecular weight excluding hydrogens is 234 g/mol. The van der Waals surface area contributed by atoms with E-state index >= 15 is 0 Å². The summed E-state index contributed by atoms with van der Waals surface area (Å²) in [5, 5.41) is 3.50. The highest BCUT2D eigenvalue weighted by Crippen LogP contribution is 2.27. The van der Waals surface area contributed by atoms with Crippen LogP contribution in [0.5, 0.6) is 5.75 Å². The smallest absolute Gasteiger partial charge is 0.120 e. The SMILES string of the molecule is Cc1cccc(OCc2cccc3c2NCCC3)c1. The maximum atomic E-state index is 5.90. The highest BCUT2D eigenvalue weighted by Gasteiger charge is 2.12. The van der Waals surface area contributed by atoms with Crippen molar-refractivity contribution in [2.75, 3.05) is 11.9 Å². The first-order valence-corrected chi connectivity index (χ1v) is 6.87. The lowest BCUT2D eigenvalue weighted by molar-refractivity contribution is 0.306. The van der Waals surface area contributed by atoms with Crippen molar-refractivity contribution in [1.29, 1.82) is 0 Å². The molecule has 19 heavy (non-hydrogen) atoms. The third-order valence-electron chi connectivity index (χ3n) is 3.55. The number of anilines is 1. The Morgan fingerprint density at radius 2 is 2.05 bits per heavy atom. The molecule has 2 aromatic carbocycles. The van der Waals surface area contributed by atoms with E-state index in [2.05, 4.69) is 42.6 Å². The molecular formula is C17H19NO. The molecule has 0 saturated carbocycles. The van der Waals surface area contributed by atoms with Crippen LogP contribution in [0, 0.1) is 6.92 Å². The molecule has 0 aliphatic carbocycles. The summed E-state index contributed by atoms with van der Waals surface area (Å²) in [7, 11) is 0. The number of rotatable bonds is 3. The van der Waals surface area contributed by atoms with Crippen LogP contribution >= 0.6 is 0 Å². The maximum absolute atomic E-state index is 5.90. The van der Waals surface area contributed by atoms with E-state index in [9.17, 15) is 0 Å². The number of benzene rings is 2. The summed E-state index contributed by atoms with van der Waals surface area (Å²) in [6.45, 7) is 3.77. The lowest BCUT2D eigenvalue weighted by atomic mass is 10.00. The molecule has 0 amide bonds. The summed E-state index contributed by atoms with van der Waals surface area (Å²) in [6.07, 6.45) is 2.38. The highest BCUT2D eigenvalue weighted by molar-refractivity contribution is 5.59. The lowest BCUT2D eigenvalue weighted by Gasteiger charge is -2.21. The molecule has 0 spiro atoms. The van der Waals surface area contributed by atoms with Crippen molar-refractivity contribution in [1.82, 2.24) is 0 Å². The summed E-state index contributed by atoms with van der Waals surface area (Å²) in [5.41, 5.74) is 5.17. The Kier molecular flexibility index (Phi) is 3.41. The molecule has 1 heterocycles. The van der Waals surface area contributed by atoms with Gasteiger partial charge in [-0.3, -0.25) is 0 Å². The van der Waals surface area contributed by atoms with Crippen LogP contribution in [0.3, 0.4) is 0 Å². The molecule has 2 nitrogen and oxygen atoms in total. The van der Waals surface area contributed by atoms with Gasteiger partial charge in [0.2, 0.25) is 0 Å². The van der Waals surface area contributed by atoms with Gasteiger partial charge in [-0.25, -0.2) is 0 Å². The van der Waals surface area contributed by atoms with Crippen LogP contribution in [0.2, 0.25) is 0 Å². The molecule has 0 bridgehead atoms. The molecule has 0 radical (unpaired) electrons. The number of nitrogens with one attached hydrogen (secondary N) is 1. The van der Waals surface area contributed by atoms with Gasteiger partial charge in [0.25, 0.3) is 0 Å². The molecule has 1 aliphatic rings. The molecule has 1 aliphatic heterocycles. The van der Waals surface area contributed by atoms with Gasteiger partial charge in [0.05, 0.1) is 0 Å². The molecule has 2 aromatic rings. The monoisotopic (exact) mass is 253 g/mol. The Labute approximate surface area is 114 Å². The molecule has 0 unspecified atom stereocenters. The average Bonchev–Trinajstić information content (AvgIpc) is 2.45. The third-order valence-corrected chi connectivity index (χ3v) is 3.55. The zero-order valence-corrected chi connectivity index (χ0v) is 11.3. The first-order valence-electron chi connectivity index (χ1n) is 6.87. The standard InChI is InChI=1S/C17H19NO/c1-13-5-2-9-16(11-13)19-12-15-7-3-6-14-8-4-10-18-17(14)15/h2-3,5-7,9,11,18H,4,8,10,12H2,1H3. The number of hydrogen-bond donors (Lipinski definition) is 1. The topological polar surface area (TPSA) is 21.3 Å². The van der Waals surface area contributed by atoms with Gasteiger partial charge in [0.15, 0.2) is 0 Å². The highest BCUT2D eigenvalue weighted by atomic mass is 16.5. The Hall–Kier alpha value is -1.96. The first kappa shape index (κ1) is 12.1. The molecule has 0 saturated heterocycles. The predicted octanol–water partition coefficient (Wildman–Crippen LogP) is 3.93. The van der Waals surface area contributed by atoms with Crippen LogP contribution in [0.1, 0.15) is 23.1 Å². The average molecular weight is 253 g/mol. The Balaban J connectivity index is 1.77. The third kappa shape index (κ3) is 2.73. The zero-order valence-electron chi connectivity index (χ0n) is 11.3. The van der Waals surface area contributed by atoms with Gasteiger partial charge >= 0.3 is 0 Å². The van der Waals surface area contributed by atoms with Gasteiger partial charge < -0.3 is 10.1 Å². The number of para-hydroxylation sites is 1. The first-order chi connectivity index (χ1) is 9.33. The summed E-state index contributed by atoms with van der Waals surface area (Å²) in [4.78, 5) is 0. The Morgan fingerprint density at radius 1 is 1.16 bits per heavy atom. The van der Waals surface area contributed by atoms with E-state index in [0.717, 1.165) is 12.3 Å². The summed E-state index contributed by atoms with van der Waals surface area (Å²) >= 11 is 0. The van der Waals surface area contributed by atoms with Crippen molar-refractivity contribution in [2.45, 2.75) is 26.4 Å². The summed E-state index contributed by atoms with van der Waals surface area (Å²) in [6, 6.07) is 14.7. The van der Waals surface area contributed by atoms with Crippen LogP contribution in [0.15, 0.2) is 42.5 Å². The minimum Gasteiger partial charge on any atom is -0.489 e. The summed E-state index contributed by atoms with van der Waals surface area (Å²) in [5.74, 6) is 0.938. The van der Waals surface area contributed by atoms with Gasteiger partial charge in [-0.2, -0.15) is 0 Å². The predicted molar refractivity (Wildman–Crippen MR) is 78.8 cm³/mol. The second-order valence-electron chi connectivity index (χ2n) is 5.09. The van der Waals surface area contributed by atoms with E-state index < -0.39 is 0 Å². The van der Waals surface area contributed by atoms with Gasteiger partial charge in [-0.1, -0.05) is 30.3 Å². The van der Waals surface area contributed by atoms with Crippen LogP contribution in [0.4, 0.5) is 5.69 Å². The molecule has 0 atom stereocenters. The molecule has 2 heteroatoms. The van der Waals surface area contributed by atoms with Crippen molar-refractivity contribution in [3.05, 3.63) is 59.2 Å². The van der Waals surface area contributed by atoms with Crippen molar-refractivity contribution < 1.29 is 4.74 Å². The van der Waals surface area contributed by atoms with E-state index in [0.29, 0.717) is 6.61 Å². The number of ether oxygens (including phenoxy) is 1. The minimum atomic E-state index is 0.625.